The van der Waals surface area contributed by atoms with E-state index in [1.54, 1.807) is 13.1 Å². The number of ether oxygens (including phenoxy) is 1. The van der Waals surface area contributed by atoms with Gasteiger partial charge >= 0.3 is 0 Å². The zero-order chi connectivity index (χ0) is 18.5. The van der Waals surface area contributed by atoms with Gasteiger partial charge in [-0.15, -0.1) is 0 Å². The van der Waals surface area contributed by atoms with Crippen LogP contribution in [0.1, 0.15) is 23.7 Å². The molecule has 6 nitrogen and oxygen atoms in total. The monoisotopic (exact) mass is 348 g/mol. The maximum atomic E-state index is 12.2. The van der Waals surface area contributed by atoms with Gasteiger partial charge in [0.25, 0.3) is 5.91 Å². The van der Waals surface area contributed by atoms with Crippen molar-refractivity contribution in [2.24, 2.45) is 5.10 Å². The molecule has 2 aromatic carbocycles. The van der Waals surface area contributed by atoms with E-state index >= 15 is 0 Å². The molecule has 1 heterocycles. The van der Waals surface area contributed by atoms with Crippen molar-refractivity contribution >= 4 is 23.2 Å². The average molecular weight is 348 g/mol. The third kappa shape index (κ3) is 4.03. The van der Waals surface area contributed by atoms with Gasteiger partial charge in [0, 0.05) is 0 Å². The Morgan fingerprint density at radius 1 is 1.15 bits per heavy atom. The Morgan fingerprint density at radius 3 is 2.73 bits per heavy atom. The number of fused-ring (bicyclic) bond motifs is 1. The maximum absolute atomic E-state index is 12.2. The van der Waals surface area contributed by atoms with Crippen molar-refractivity contribution in [2.45, 2.75) is 26.9 Å². The predicted octanol–water partition coefficient (Wildman–Crippen LogP) is 3.16. The topological polar surface area (TPSA) is 76.5 Å². The van der Waals surface area contributed by atoms with E-state index in [9.17, 15) is 4.79 Å². The SMILES string of the molecule is Cc1cccc(O[C@@H](C)C(=O)N/N=C\c2cnc3ccccc3n2)c1C. The van der Waals surface area contributed by atoms with Crippen LogP contribution >= 0.6 is 0 Å². The summed E-state index contributed by atoms with van der Waals surface area (Å²) in [5.41, 5.74) is 6.74. The zero-order valence-electron chi connectivity index (χ0n) is 14.9. The molecule has 3 aromatic rings. The molecule has 0 bridgehead atoms. The van der Waals surface area contributed by atoms with Crippen molar-refractivity contribution in [2.75, 3.05) is 0 Å². The molecule has 0 spiro atoms. The van der Waals surface area contributed by atoms with Gasteiger partial charge in [-0.2, -0.15) is 5.10 Å². The number of para-hydroxylation sites is 2. The first-order chi connectivity index (χ1) is 12.5. The molecule has 1 atom stereocenters. The van der Waals surface area contributed by atoms with Crippen molar-refractivity contribution < 1.29 is 9.53 Å². The summed E-state index contributed by atoms with van der Waals surface area (Å²) in [6.45, 7) is 5.65. The molecule has 0 aliphatic heterocycles. The summed E-state index contributed by atoms with van der Waals surface area (Å²) in [5, 5.41) is 3.94. The fourth-order valence-corrected chi connectivity index (χ4v) is 2.38. The van der Waals surface area contributed by atoms with Gasteiger partial charge in [0.15, 0.2) is 6.10 Å². The minimum atomic E-state index is -0.671. The van der Waals surface area contributed by atoms with Crippen LogP contribution in [0.25, 0.3) is 11.0 Å². The third-order valence-corrected chi connectivity index (χ3v) is 4.07. The summed E-state index contributed by atoms with van der Waals surface area (Å²) in [4.78, 5) is 20.9. The van der Waals surface area contributed by atoms with E-state index in [0.717, 1.165) is 22.2 Å². The minimum absolute atomic E-state index is 0.337. The molecule has 0 saturated heterocycles. The first kappa shape index (κ1) is 17.5. The lowest BCUT2D eigenvalue weighted by Crippen LogP contribution is -2.33. The second-order valence-electron chi connectivity index (χ2n) is 5.98. The average Bonchev–Trinajstić information content (AvgIpc) is 2.65. The van der Waals surface area contributed by atoms with Gasteiger partial charge in [0.2, 0.25) is 0 Å². The van der Waals surface area contributed by atoms with Crippen LogP contribution in [0.3, 0.4) is 0 Å². The highest BCUT2D eigenvalue weighted by Gasteiger charge is 2.15. The number of amides is 1. The van der Waals surface area contributed by atoms with Crippen LogP contribution in [0.4, 0.5) is 0 Å². The Bertz CT molecular complexity index is 969. The predicted molar refractivity (Wildman–Crippen MR) is 101 cm³/mol. The second-order valence-corrected chi connectivity index (χ2v) is 5.98. The molecule has 132 valence electrons. The third-order valence-electron chi connectivity index (χ3n) is 4.07. The molecule has 1 amide bonds. The molecule has 6 heteroatoms. The molecule has 0 aliphatic rings. The number of rotatable bonds is 5. The van der Waals surface area contributed by atoms with Gasteiger partial charge in [-0.3, -0.25) is 9.78 Å². The normalized spacial score (nSPS) is 12.3. The maximum Gasteiger partial charge on any atom is 0.280 e. The summed E-state index contributed by atoms with van der Waals surface area (Å²) in [5.74, 6) is 0.355. The molecule has 0 aliphatic carbocycles. The smallest absolute Gasteiger partial charge is 0.280 e. The van der Waals surface area contributed by atoms with Gasteiger partial charge in [0.1, 0.15) is 11.4 Å². The van der Waals surface area contributed by atoms with Crippen LogP contribution in [-0.4, -0.2) is 28.2 Å². The fourth-order valence-electron chi connectivity index (χ4n) is 2.38. The zero-order valence-corrected chi connectivity index (χ0v) is 14.9. The van der Waals surface area contributed by atoms with Crippen molar-refractivity contribution in [1.82, 2.24) is 15.4 Å². The Balaban J connectivity index is 1.61. The molecule has 0 radical (unpaired) electrons. The van der Waals surface area contributed by atoms with Crippen LogP contribution in [0.5, 0.6) is 5.75 Å². The summed E-state index contributed by atoms with van der Waals surface area (Å²) < 4.78 is 5.73. The van der Waals surface area contributed by atoms with Crippen LogP contribution < -0.4 is 10.2 Å². The van der Waals surface area contributed by atoms with Gasteiger partial charge in [-0.05, 0) is 50.1 Å². The lowest BCUT2D eigenvalue weighted by molar-refractivity contribution is -0.127. The number of carbonyl (C=O) groups is 1. The number of benzene rings is 2. The fraction of sp³-hybridized carbons (Fsp3) is 0.200. The number of carbonyl (C=O) groups excluding carboxylic acids is 1. The second kappa shape index (κ2) is 7.74. The number of hydrogen-bond acceptors (Lipinski definition) is 5. The number of hydrazone groups is 1. The van der Waals surface area contributed by atoms with Crippen LogP contribution in [-0.2, 0) is 4.79 Å². The van der Waals surface area contributed by atoms with Crippen LogP contribution in [0.2, 0.25) is 0 Å². The quantitative estimate of drug-likeness (QED) is 0.567. The van der Waals surface area contributed by atoms with Crippen molar-refractivity contribution in [1.29, 1.82) is 0 Å². The Labute approximate surface area is 151 Å². The van der Waals surface area contributed by atoms with Crippen molar-refractivity contribution in [3.8, 4) is 5.75 Å². The van der Waals surface area contributed by atoms with E-state index in [1.165, 1.54) is 6.21 Å². The Kier molecular flexibility index (Phi) is 5.22. The van der Waals surface area contributed by atoms with E-state index in [-0.39, 0.29) is 5.91 Å². The molecule has 0 unspecified atom stereocenters. The van der Waals surface area contributed by atoms with Crippen LogP contribution in [0.15, 0.2) is 53.8 Å². The van der Waals surface area contributed by atoms with Gasteiger partial charge < -0.3 is 4.74 Å². The van der Waals surface area contributed by atoms with Gasteiger partial charge in [-0.1, -0.05) is 24.3 Å². The molecule has 1 N–H and O–H groups in total. The molecule has 26 heavy (non-hydrogen) atoms. The standard InChI is InChI=1S/C20H20N4O2/c1-13-7-6-10-19(14(13)2)26-15(3)20(25)24-22-12-16-11-21-17-8-4-5-9-18(17)23-16/h4-12,15H,1-3H3,(H,24,25)/b22-12-/t15-/m0/s1. The highest BCUT2D eigenvalue weighted by molar-refractivity contribution is 5.85. The summed E-state index contributed by atoms with van der Waals surface area (Å²) in [6, 6.07) is 13.3. The Hall–Kier alpha value is -3.28. The molecule has 0 fully saturated rings. The van der Waals surface area contributed by atoms with Crippen molar-refractivity contribution in [3.63, 3.8) is 0 Å². The van der Waals surface area contributed by atoms with E-state index in [0.29, 0.717) is 11.4 Å². The van der Waals surface area contributed by atoms with E-state index in [1.807, 2.05) is 56.3 Å². The molecular weight excluding hydrogens is 328 g/mol. The molecule has 0 saturated carbocycles. The number of aryl methyl sites for hydroxylation is 1. The van der Waals surface area contributed by atoms with E-state index in [4.69, 9.17) is 4.74 Å². The molecule has 3 rings (SSSR count). The number of nitrogens with one attached hydrogen (secondary N) is 1. The van der Waals surface area contributed by atoms with Gasteiger partial charge in [-0.25, -0.2) is 10.4 Å². The van der Waals surface area contributed by atoms with Gasteiger partial charge in [0.05, 0.1) is 23.4 Å². The summed E-state index contributed by atoms with van der Waals surface area (Å²) in [6.07, 6.45) is 2.39. The Morgan fingerprint density at radius 2 is 1.92 bits per heavy atom. The summed E-state index contributed by atoms with van der Waals surface area (Å²) >= 11 is 0. The number of hydrogen-bond donors (Lipinski definition) is 1. The summed E-state index contributed by atoms with van der Waals surface area (Å²) in [7, 11) is 0. The largest absolute Gasteiger partial charge is 0.481 e. The first-order valence-corrected chi connectivity index (χ1v) is 8.32. The molecular formula is C20H20N4O2. The number of aromatic nitrogens is 2. The van der Waals surface area contributed by atoms with Crippen LogP contribution in [0, 0.1) is 13.8 Å². The van der Waals surface area contributed by atoms with E-state index in [2.05, 4.69) is 20.5 Å². The minimum Gasteiger partial charge on any atom is -0.481 e. The molecule has 1 aromatic heterocycles. The lowest BCUT2D eigenvalue weighted by Gasteiger charge is -2.15. The lowest BCUT2D eigenvalue weighted by atomic mass is 10.1. The van der Waals surface area contributed by atoms with E-state index < -0.39 is 6.10 Å². The first-order valence-electron chi connectivity index (χ1n) is 8.32. The number of nitrogens with zero attached hydrogens (tertiary/aromatic N) is 3. The van der Waals surface area contributed by atoms with Crippen molar-refractivity contribution in [3.05, 3.63) is 65.5 Å². The highest BCUT2D eigenvalue weighted by atomic mass is 16.5. The highest BCUT2D eigenvalue weighted by Crippen LogP contribution is 2.21.